The van der Waals surface area contributed by atoms with Crippen molar-refractivity contribution in [2.45, 2.75) is 32.6 Å². The monoisotopic (exact) mass is 405 g/mol. The fourth-order valence-electron chi connectivity index (χ4n) is 3.45. The Hall–Kier alpha value is -2.99. The van der Waals surface area contributed by atoms with Crippen molar-refractivity contribution in [3.8, 4) is 10.6 Å². The van der Waals surface area contributed by atoms with E-state index in [1.165, 1.54) is 5.56 Å². The molecule has 0 atom stereocenters. The molecular weight excluding hydrogens is 382 g/mol. The number of benzene rings is 2. The molecule has 3 aromatic rings. The van der Waals surface area contributed by atoms with Crippen LogP contribution >= 0.6 is 11.3 Å². The Morgan fingerprint density at radius 3 is 2.76 bits per heavy atom. The second-order valence-electron chi connectivity index (χ2n) is 7.12. The van der Waals surface area contributed by atoms with Gasteiger partial charge in [-0.05, 0) is 36.6 Å². The Morgan fingerprint density at radius 2 is 2.03 bits per heavy atom. The number of nitrogens with one attached hydrogen (secondary N) is 1. The topological polar surface area (TPSA) is 62.3 Å². The molecule has 0 saturated carbocycles. The maximum atomic E-state index is 12.5. The van der Waals surface area contributed by atoms with Gasteiger partial charge in [-0.25, -0.2) is 4.98 Å². The van der Waals surface area contributed by atoms with E-state index in [2.05, 4.69) is 41.5 Å². The first-order chi connectivity index (χ1) is 14.1. The van der Waals surface area contributed by atoms with Gasteiger partial charge in [-0.3, -0.25) is 9.59 Å². The molecule has 2 heterocycles. The maximum Gasteiger partial charge on any atom is 0.230 e. The summed E-state index contributed by atoms with van der Waals surface area (Å²) in [5, 5.41) is 5.77. The van der Waals surface area contributed by atoms with Crippen molar-refractivity contribution < 1.29 is 9.59 Å². The lowest BCUT2D eigenvalue weighted by Gasteiger charge is -2.16. The predicted octanol–water partition coefficient (Wildman–Crippen LogP) is 4.68. The highest BCUT2D eigenvalue weighted by Gasteiger charge is 2.21. The normalized spacial score (nSPS) is 13.7. The molecule has 5 nitrogen and oxygen atoms in total. The van der Waals surface area contributed by atoms with Crippen molar-refractivity contribution in [1.29, 1.82) is 0 Å². The number of anilines is 2. The van der Waals surface area contributed by atoms with Crippen molar-refractivity contribution in [2.75, 3.05) is 16.8 Å². The highest BCUT2D eigenvalue weighted by molar-refractivity contribution is 7.13. The zero-order valence-corrected chi connectivity index (χ0v) is 17.2. The lowest BCUT2D eigenvalue weighted by molar-refractivity contribution is -0.117. The van der Waals surface area contributed by atoms with Gasteiger partial charge in [-0.1, -0.05) is 37.3 Å². The minimum absolute atomic E-state index is 0.118. The molecule has 2 aromatic carbocycles. The molecule has 0 radical (unpaired) electrons. The molecule has 29 heavy (non-hydrogen) atoms. The smallest absolute Gasteiger partial charge is 0.230 e. The third kappa shape index (κ3) is 4.54. The van der Waals surface area contributed by atoms with Crippen LogP contribution in [0.25, 0.3) is 10.6 Å². The number of thiazole rings is 1. The average Bonchev–Trinajstić information content (AvgIpc) is 3.37. The molecule has 0 spiro atoms. The lowest BCUT2D eigenvalue weighted by atomic mass is 10.1. The summed E-state index contributed by atoms with van der Waals surface area (Å²) < 4.78 is 0. The van der Waals surface area contributed by atoms with Crippen LogP contribution in [0.4, 0.5) is 11.4 Å². The van der Waals surface area contributed by atoms with E-state index in [0.717, 1.165) is 41.3 Å². The van der Waals surface area contributed by atoms with Gasteiger partial charge in [0, 0.05) is 35.3 Å². The first kappa shape index (κ1) is 19.3. The van der Waals surface area contributed by atoms with Crippen LogP contribution in [0.1, 0.15) is 31.0 Å². The van der Waals surface area contributed by atoms with Crippen LogP contribution in [0.3, 0.4) is 0 Å². The summed E-state index contributed by atoms with van der Waals surface area (Å²) in [4.78, 5) is 30.8. The van der Waals surface area contributed by atoms with E-state index in [-0.39, 0.29) is 18.2 Å². The molecular formula is C23H23N3O2S. The lowest BCUT2D eigenvalue weighted by Crippen LogP contribution is -2.23. The quantitative estimate of drug-likeness (QED) is 0.648. The van der Waals surface area contributed by atoms with Gasteiger partial charge in [0.15, 0.2) is 0 Å². The van der Waals surface area contributed by atoms with Crippen LogP contribution in [0, 0.1) is 0 Å². The highest BCUT2D eigenvalue weighted by Crippen LogP contribution is 2.26. The average molecular weight is 406 g/mol. The fraction of sp³-hybridized carbons (Fsp3) is 0.261. The van der Waals surface area contributed by atoms with Gasteiger partial charge in [-0.2, -0.15) is 0 Å². The Kier molecular flexibility index (Phi) is 5.71. The first-order valence-corrected chi connectivity index (χ1v) is 10.7. The minimum atomic E-state index is -0.118. The number of amides is 2. The second-order valence-corrected chi connectivity index (χ2v) is 7.98. The molecule has 2 amide bonds. The minimum Gasteiger partial charge on any atom is -0.326 e. The molecule has 1 aliphatic rings. The van der Waals surface area contributed by atoms with E-state index in [1.54, 1.807) is 16.2 Å². The van der Waals surface area contributed by atoms with Gasteiger partial charge in [0.25, 0.3) is 0 Å². The van der Waals surface area contributed by atoms with Crippen LogP contribution in [-0.2, 0) is 22.4 Å². The molecule has 0 unspecified atom stereocenters. The molecule has 6 heteroatoms. The van der Waals surface area contributed by atoms with E-state index < -0.39 is 0 Å². The standard InChI is InChI=1S/C23H23N3O2S/c1-2-16-8-10-17(11-9-16)23-25-19(15-29-23)14-21(27)24-18-5-3-6-20(13-18)26-12-4-7-22(26)28/h3,5-6,8-11,13,15H,2,4,7,12,14H2,1H3,(H,24,27). The van der Waals surface area contributed by atoms with Gasteiger partial charge in [-0.15, -0.1) is 11.3 Å². The van der Waals surface area contributed by atoms with Crippen LogP contribution in [0.15, 0.2) is 53.9 Å². The number of carbonyl (C=O) groups excluding carboxylic acids is 2. The third-order valence-corrected chi connectivity index (χ3v) is 5.96. The van der Waals surface area contributed by atoms with E-state index in [4.69, 9.17) is 0 Å². The van der Waals surface area contributed by atoms with Gasteiger partial charge in [0.2, 0.25) is 11.8 Å². The Balaban J connectivity index is 1.40. The van der Waals surface area contributed by atoms with Gasteiger partial charge < -0.3 is 10.2 Å². The molecule has 1 aliphatic heterocycles. The van der Waals surface area contributed by atoms with E-state index in [1.807, 2.05) is 29.6 Å². The number of rotatable bonds is 6. The number of hydrogen-bond acceptors (Lipinski definition) is 4. The van der Waals surface area contributed by atoms with E-state index in [0.29, 0.717) is 12.1 Å². The van der Waals surface area contributed by atoms with Crippen molar-refractivity contribution in [3.63, 3.8) is 0 Å². The van der Waals surface area contributed by atoms with Crippen molar-refractivity contribution in [3.05, 3.63) is 65.2 Å². The van der Waals surface area contributed by atoms with Gasteiger partial charge in [0.05, 0.1) is 12.1 Å². The van der Waals surface area contributed by atoms with Crippen LogP contribution < -0.4 is 10.2 Å². The van der Waals surface area contributed by atoms with Crippen LogP contribution in [-0.4, -0.2) is 23.3 Å². The number of hydrogen-bond donors (Lipinski definition) is 1. The number of aryl methyl sites for hydroxylation is 1. The molecule has 1 aromatic heterocycles. The summed E-state index contributed by atoms with van der Waals surface area (Å²) in [6.45, 7) is 2.87. The van der Waals surface area contributed by atoms with Gasteiger partial charge >= 0.3 is 0 Å². The van der Waals surface area contributed by atoms with Crippen LogP contribution in [0.5, 0.6) is 0 Å². The molecule has 1 fully saturated rings. The predicted molar refractivity (Wildman–Crippen MR) is 117 cm³/mol. The van der Waals surface area contributed by atoms with E-state index in [9.17, 15) is 9.59 Å². The Bertz CT molecular complexity index is 1030. The van der Waals surface area contributed by atoms with Gasteiger partial charge in [0.1, 0.15) is 5.01 Å². The third-order valence-electron chi connectivity index (χ3n) is 5.02. The fourth-order valence-corrected chi connectivity index (χ4v) is 4.27. The zero-order chi connectivity index (χ0) is 20.2. The van der Waals surface area contributed by atoms with Crippen LogP contribution in [0.2, 0.25) is 0 Å². The number of aromatic nitrogens is 1. The molecule has 1 saturated heterocycles. The maximum absolute atomic E-state index is 12.5. The summed E-state index contributed by atoms with van der Waals surface area (Å²) in [6.07, 6.45) is 2.69. The molecule has 1 N–H and O–H groups in total. The summed E-state index contributed by atoms with van der Waals surface area (Å²) in [6, 6.07) is 15.8. The summed E-state index contributed by atoms with van der Waals surface area (Å²) in [5.74, 6) is 0.0172. The van der Waals surface area contributed by atoms with E-state index >= 15 is 0 Å². The summed E-state index contributed by atoms with van der Waals surface area (Å²) >= 11 is 1.55. The summed E-state index contributed by atoms with van der Waals surface area (Å²) in [7, 11) is 0. The molecule has 148 valence electrons. The van der Waals surface area contributed by atoms with Crippen molar-refractivity contribution >= 4 is 34.5 Å². The van der Waals surface area contributed by atoms with Crippen molar-refractivity contribution in [1.82, 2.24) is 4.98 Å². The zero-order valence-electron chi connectivity index (χ0n) is 16.4. The number of carbonyl (C=O) groups is 2. The highest BCUT2D eigenvalue weighted by atomic mass is 32.1. The molecule has 4 rings (SSSR count). The Morgan fingerprint density at radius 1 is 1.21 bits per heavy atom. The largest absolute Gasteiger partial charge is 0.326 e. The SMILES string of the molecule is CCc1ccc(-c2nc(CC(=O)Nc3cccc(N4CCCC4=O)c3)cs2)cc1. The van der Waals surface area contributed by atoms with Crippen molar-refractivity contribution in [2.24, 2.45) is 0 Å². The second kappa shape index (κ2) is 8.57. The molecule has 0 bridgehead atoms. The molecule has 0 aliphatic carbocycles. The number of nitrogens with zero attached hydrogens (tertiary/aromatic N) is 2. The summed E-state index contributed by atoms with van der Waals surface area (Å²) in [5.41, 5.74) is 4.65. The first-order valence-electron chi connectivity index (χ1n) is 9.86. The Labute approximate surface area is 174 Å².